The van der Waals surface area contributed by atoms with E-state index in [1.54, 1.807) is 0 Å². The minimum atomic E-state index is -0.227. The molecule has 0 amide bonds. The Balaban J connectivity index is 1.36. The van der Waals surface area contributed by atoms with Gasteiger partial charge < -0.3 is 19.9 Å². The summed E-state index contributed by atoms with van der Waals surface area (Å²) in [6.45, 7) is 6.92. The Kier molecular flexibility index (Phi) is 4.14. The van der Waals surface area contributed by atoms with Crippen molar-refractivity contribution in [1.82, 2.24) is 29.5 Å². The summed E-state index contributed by atoms with van der Waals surface area (Å²) in [4.78, 5) is 20.0. The number of hydrogen-bond donors (Lipinski definition) is 2. The molecule has 9 heteroatoms. The molecule has 160 valence electrons. The molecule has 6 rings (SSSR count). The molecule has 4 aromatic rings. The summed E-state index contributed by atoms with van der Waals surface area (Å²) in [6, 6.07) is 8.03. The third kappa shape index (κ3) is 3.48. The normalized spacial score (nSPS) is 18.7. The molecular formula is C22H26N8O. The SMILES string of the molecule is CC1(C)CN(c2nc(NCc3nc4ccccc4[nH]3)n3ncc(C4CC4)c3n2)CCO1. The smallest absolute Gasteiger partial charge is 0.230 e. The van der Waals surface area contributed by atoms with E-state index in [2.05, 4.69) is 39.1 Å². The lowest BCUT2D eigenvalue weighted by Crippen LogP contribution is -2.49. The van der Waals surface area contributed by atoms with E-state index in [1.165, 1.54) is 18.4 Å². The van der Waals surface area contributed by atoms with E-state index in [-0.39, 0.29) is 5.60 Å². The van der Waals surface area contributed by atoms with Crippen molar-refractivity contribution in [2.75, 3.05) is 29.9 Å². The van der Waals surface area contributed by atoms with Crippen molar-refractivity contribution < 1.29 is 4.74 Å². The van der Waals surface area contributed by atoms with Crippen LogP contribution < -0.4 is 10.2 Å². The average Bonchev–Trinajstić information content (AvgIpc) is 3.36. The first kappa shape index (κ1) is 18.6. The van der Waals surface area contributed by atoms with Crippen LogP contribution in [-0.4, -0.2) is 54.8 Å². The number of fused-ring (bicyclic) bond motifs is 2. The Bertz CT molecular complexity index is 1220. The van der Waals surface area contributed by atoms with Gasteiger partial charge in [-0.15, -0.1) is 0 Å². The maximum atomic E-state index is 5.88. The lowest BCUT2D eigenvalue weighted by Gasteiger charge is -2.38. The van der Waals surface area contributed by atoms with Crippen molar-refractivity contribution in [3.8, 4) is 0 Å². The number of nitrogens with zero attached hydrogens (tertiary/aromatic N) is 6. The van der Waals surface area contributed by atoms with Gasteiger partial charge in [-0.25, -0.2) is 4.98 Å². The second-order valence-electron chi connectivity index (χ2n) is 9.04. The predicted molar refractivity (Wildman–Crippen MR) is 118 cm³/mol. The lowest BCUT2D eigenvalue weighted by atomic mass is 10.1. The number of H-pyrrole nitrogens is 1. The molecule has 1 saturated heterocycles. The lowest BCUT2D eigenvalue weighted by molar-refractivity contribution is -0.0281. The van der Waals surface area contributed by atoms with Gasteiger partial charge in [-0.3, -0.25) is 0 Å². The van der Waals surface area contributed by atoms with Crippen molar-refractivity contribution in [2.45, 2.75) is 44.8 Å². The van der Waals surface area contributed by atoms with Gasteiger partial charge in [-0.05, 0) is 44.7 Å². The molecule has 0 radical (unpaired) electrons. The first-order valence-electron chi connectivity index (χ1n) is 10.9. The molecule has 1 aromatic carbocycles. The number of nitrogens with one attached hydrogen (secondary N) is 2. The number of imidazole rings is 1. The van der Waals surface area contributed by atoms with Crippen LogP contribution in [0.3, 0.4) is 0 Å². The van der Waals surface area contributed by atoms with Gasteiger partial charge in [0.1, 0.15) is 5.82 Å². The van der Waals surface area contributed by atoms with Crippen molar-refractivity contribution in [3.63, 3.8) is 0 Å². The number of rotatable bonds is 5. The molecule has 31 heavy (non-hydrogen) atoms. The van der Waals surface area contributed by atoms with E-state index in [9.17, 15) is 0 Å². The number of para-hydroxylation sites is 2. The molecule has 3 aromatic heterocycles. The zero-order chi connectivity index (χ0) is 21.0. The van der Waals surface area contributed by atoms with Crippen LogP contribution in [0, 0.1) is 0 Å². The van der Waals surface area contributed by atoms with E-state index in [0.29, 0.717) is 25.0 Å². The van der Waals surface area contributed by atoms with Crippen LogP contribution >= 0.6 is 0 Å². The highest BCUT2D eigenvalue weighted by Crippen LogP contribution is 2.42. The van der Waals surface area contributed by atoms with Crippen LogP contribution in [0.5, 0.6) is 0 Å². The van der Waals surface area contributed by atoms with Gasteiger partial charge in [-0.2, -0.15) is 19.6 Å². The van der Waals surface area contributed by atoms with Gasteiger partial charge in [0.15, 0.2) is 5.65 Å². The van der Waals surface area contributed by atoms with Gasteiger partial charge >= 0.3 is 0 Å². The van der Waals surface area contributed by atoms with Crippen molar-refractivity contribution in [1.29, 1.82) is 0 Å². The quantitative estimate of drug-likeness (QED) is 0.514. The molecule has 0 atom stereocenters. The summed E-state index contributed by atoms with van der Waals surface area (Å²) in [5.74, 6) is 2.82. The molecule has 0 unspecified atom stereocenters. The van der Waals surface area contributed by atoms with Crippen LogP contribution in [-0.2, 0) is 11.3 Å². The summed E-state index contributed by atoms with van der Waals surface area (Å²) in [7, 11) is 0. The Hall–Kier alpha value is -3.20. The Morgan fingerprint density at radius 1 is 1.19 bits per heavy atom. The summed E-state index contributed by atoms with van der Waals surface area (Å²) in [5, 5.41) is 8.04. The van der Waals surface area contributed by atoms with Gasteiger partial charge in [0, 0.05) is 18.7 Å². The minimum Gasteiger partial charge on any atom is -0.372 e. The van der Waals surface area contributed by atoms with E-state index in [4.69, 9.17) is 14.7 Å². The van der Waals surface area contributed by atoms with E-state index >= 15 is 0 Å². The van der Waals surface area contributed by atoms with Crippen LogP contribution in [0.1, 0.15) is 44.0 Å². The van der Waals surface area contributed by atoms with Crippen LogP contribution in [0.4, 0.5) is 11.9 Å². The molecule has 0 bridgehead atoms. The third-order valence-electron chi connectivity index (χ3n) is 5.96. The Labute approximate surface area is 179 Å². The predicted octanol–water partition coefficient (Wildman–Crippen LogP) is 3.11. The number of ether oxygens (including phenoxy) is 1. The van der Waals surface area contributed by atoms with Crippen molar-refractivity contribution in [2.24, 2.45) is 0 Å². The number of hydrogen-bond acceptors (Lipinski definition) is 7. The zero-order valence-electron chi connectivity index (χ0n) is 17.8. The molecule has 2 aliphatic rings. The third-order valence-corrected chi connectivity index (χ3v) is 5.96. The summed E-state index contributed by atoms with van der Waals surface area (Å²) < 4.78 is 7.71. The Morgan fingerprint density at radius 2 is 2.06 bits per heavy atom. The summed E-state index contributed by atoms with van der Waals surface area (Å²) in [5.41, 5.74) is 3.86. The maximum Gasteiger partial charge on any atom is 0.230 e. The van der Waals surface area contributed by atoms with E-state index in [1.807, 2.05) is 35.0 Å². The first-order chi connectivity index (χ1) is 15.1. The average molecular weight is 419 g/mol. The molecule has 1 saturated carbocycles. The zero-order valence-corrected chi connectivity index (χ0v) is 17.8. The number of anilines is 2. The molecule has 0 spiro atoms. The van der Waals surface area contributed by atoms with Crippen molar-refractivity contribution >= 4 is 28.6 Å². The monoisotopic (exact) mass is 418 g/mol. The van der Waals surface area contributed by atoms with Gasteiger partial charge in [-0.1, -0.05) is 12.1 Å². The maximum absolute atomic E-state index is 5.88. The van der Waals surface area contributed by atoms with Crippen molar-refractivity contribution in [3.05, 3.63) is 41.9 Å². The molecule has 2 fully saturated rings. The largest absolute Gasteiger partial charge is 0.372 e. The highest BCUT2D eigenvalue weighted by atomic mass is 16.5. The topological polar surface area (TPSA) is 96.3 Å². The number of aromatic nitrogens is 6. The second kappa shape index (κ2) is 6.91. The minimum absolute atomic E-state index is 0.227. The van der Waals surface area contributed by atoms with Crippen LogP contribution in [0.25, 0.3) is 16.7 Å². The standard InChI is InChI=1S/C22H26N8O/c1-22(2)13-29(9-10-31-22)21-27-19-15(14-7-8-14)11-24-30(19)20(28-21)23-12-18-25-16-5-3-4-6-17(16)26-18/h3-6,11,14H,7-10,12-13H2,1-2H3,(H,25,26)(H,23,27,28). The van der Waals surface area contributed by atoms with Crippen LogP contribution in [0.15, 0.2) is 30.5 Å². The van der Waals surface area contributed by atoms with Gasteiger partial charge in [0.25, 0.3) is 0 Å². The fourth-order valence-electron chi connectivity index (χ4n) is 4.26. The fourth-order valence-corrected chi connectivity index (χ4v) is 4.26. The van der Waals surface area contributed by atoms with Gasteiger partial charge in [0.05, 0.1) is 36.0 Å². The summed E-state index contributed by atoms with van der Waals surface area (Å²) in [6.07, 6.45) is 4.35. The van der Waals surface area contributed by atoms with Crippen LogP contribution in [0.2, 0.25) is 0 Å². The number of morpholine rings is 1. The molecule has 9 nitrogen and oxygen atoms in total. The highest BCUT2D eigenvalue weighted by molar-refractivity contribution is 5.74. The molecule has 1 aliphatic carbocycles. The van der Waals surface area contributed by atoms with Gasteiger partial charge in [0.2, 0.25) is 11.9 Å². The molecular weight excluding hydrogens is 392 g/mol. The van der Waals surface area contributed by atoms with E-state index in [0.717, 1.165) is 41.5 Å². The molecule has 4 heterocycles. The second-order valence-corrected chi connectivity index (χ2v) is 9.04. The highest BCUT2D eigenvalue weighted by Gasteiger charge is 2.31. The number of aromatic amines is 1. The summed E-state index contributed by atoms with van der Waals surface area (Å²) >= 11 is 0. The fraction of sp³-hybridized carbons (Fsp3) is 0.455. The Morgan fingerprint density at radius 3 is 2.87 bits per heavy atom. The number of benzene rings is 1. The van der Waals surface area contributed by atoms with E-state index < -0.39 is 0 Å². The molecule has 1 aliphatic heterocycles. The molecule has 2 N–H and O–H groups in total. The first-order valence-corrected chi connectivity index (χ1v) is 10.9.